The van der Waals surface area contributed by atoms with Gasteiger partial charge in [-0.15, -0.1) is 11.8 Å². The number of pyridine rings is 1. The summed E-state index contributed by atoms with van der Waals surface area (Å²) in [7, 11) is 0. The molecule has 2 heteroatoms. The van der Waals surface area contributed by atoms with E-state index in [9.17, 15) is 0 Å². The Morgan fingerprint density at radius 2 is 1.55 bits per heavy atom. The van der Waals surface area contributed by atoms with E-state index in [-0.39, 0.29) is 0 Å². The molecule has 1 aromatic heterocycles. The third-order valence-corrected chi connectivity index (χ3v) is 4.80. The van der Waals surface area contributed by atoms with Crippen molar-refractivity contribution in [1.29, 1.82) is 0 Å². The predicted molar refractivity (Wildman–Crippen MR) is 95.6 cm³/mol. The Hall–Kier alpha value is -2.32. The van der Waals surface area contributed by atoms with E-state index in [1.165, 1.54) is 32.4 Å². The highest BCUT2D eigenvalue weighted by Crippen LogP contribution is 2.43. The molecule has 1 aromatic carbocycles. The predicted octanol–water partition coefficient (Wildman–Crippen LogP) is 5.73. The summed E-state index contributed by atoms with van der Waals surface area (Å²) in [6.07, 6.45) is 4.03. The van der Waals surface area contributed by atoms with E-state index in [2.05, 4.69) is 78.0 Å². The number of aromatic nitrogens is 1. The fourth-order valence-electron chi connectivity index (χ4n) is 2.98. The smallest absolute Gasteiger partial charge is 0.0786 e. The first-order valence-electron chi connectivity index (χ1n) is 7.28. The SMILES string of the molecule is CSc1cc(-c2nccc3ccccc23)c2cccccc1-2. The molecule has 2 aliphatic carbocycles. The summed E-state index contributed by atoms with van der Waals surface area (Å²) in [6.45, 7) is 0. The zero-order chi connectivity index (χ0) is 14.9. The van der Waals surface area contributed by atoms with Crippen molar-refractivity contribution in [2.24, 2.45) is 0 Å². The third-order valence-electron chi connectivity index (χ3n) is 4.02. The Balaban J connectivity index is 2.06. The molecule has 0 unspecified atom stereocenters. The molecule has 2 aliphatic rings. The Labute approximate surface area is 134 Å². The standard InChI is InChI=1S/C20H15NS/c1-22-19-13-18(16-9-3-2-4-10-17(16)19)20-15-8-6-5-7-14(15)11-12-21-20/h2-13H,1H3. The van der Waals surface area contributed by atoms with Gasteiger partial charge in [-0.3, -0.25) is 4.98 Å². The van der Waals surface area contributed by atoms with Gasteiger partial charge in [0, 0.05) is 22.0 Å². The topological polar surface area (TPSA) is 12.9 Å². The fourth-order valence-corrected chi connectivity index (χ4v) is 3.62. The van der Waals surface area contributed by atoms with Gasteiger partial charge in [0.05, 0.1) is 5.69 Å². The Kier molecular flexibility index (Phi) is 3.32. The second-order valence-corrected chi connectivity index (χ2v) is 6.09. The van der Waals surface area contributed by atoms with Gasteiger partial charge in [0.2, 0.25) is 0 Å². The van der Waals surface area contributed by atoms with Gasteiger partial charge in [-0.1, -0.05) is 54.6 Å². The summed E-state index contributed by atoms with van der Waals surface area (Å²) in [4.78, 5) is 5.99. The molecule has 22 heavy (non-hydrogen) atoms. The average molecular weight is 301 g/mol. The molecule has 0 bridgehead atoms. The minimum Gasteiger partial charge on any atom is -0.256 e. The summed E-state index contributed by atoms with van der Waals surface area (Å²) in [5, 5.41) is 2.43. The number of hydrogen-bond acceptors (Lipinski definition) is 2. The van der Waals surface area contributed by atoms with Crippen molar-refractivity contribution >= 4 is 22.5 Å². The lowest BCUT2D eigenvalue weighted by Crippen LogP contribution is -1.85. The Morgan fingerprint density at radius 1 is 0.773 bits per heavy atom. The van der Waals surface area contributed by atoms with Crippen LogP contribution >= 0.6 is 11.8 Å². The summed E-state index contributed by atoms with van der Waals surface area (Å²) in [5.74, 6) is 0. The maximum Gasteiger partial charge on any atom is 0.0786 e. The average Bonchev–Trinajstić information content (AvgIpc) is 2.75. The van der Waals surface area contributed by atoms with Gasteiger partial charge < -0.3 is 0 Å². The lowest BCUT2D eigenvalue weighted by atomic mass is 10.0. The zero-order valence-electron chi connectivity index (χ0n) is 12.3. The van der Waals surface area contributed by atoms with Crippen LogP contribution in [0.1, 0.15) is 0 Å². The molecule has 2 aromatic rings. The van der Waals surface area contributed by atoms with E-state index in [0.29, 0.717) is 0 Å². The summed E-state index contributed by atoms with van der Waals surface area (Å²) in [5.41, 5.74) is 4.84. The minimum atomic E-state index is 1.06. The number of hydrogen-bond donors (Lipinski definition) is 0. The molecule has 1 nitrogen and oxygen atoms in total. The van der Waals surface area contributed by atoms with Gasteiger partial charge >= 0.3 is 0 Å². The molecular weight excluding hydrogens is 286 g/mol. The van der Waals surface area contributed by atoms with Crippen molar-refractivity contribution in [2.45, 2.75) is 4.90 Å². The van der Waals surface area contributed by atoms with Crippen molar-refractivity contribution in [2.75, 3.05) is 6.26 Å². The van der Waals surface area contributed by atoms with Crippen LogP contribution in [-0.4, -0.2) is 11.2 Å². The van der Waals surface area contributed by atoms with Gasteiger partial charge in [-0.05, 0) is 34.9 Å². The van der Waals surface area contributed by atoms with E-state index in [0.717, 1.165) is 5.69 Å². The van der Waals surface area contributed by atoms with Crippen molar-refractivity contribution < 1.29 is 0 Å². The van der Waals surface area contributed by atoms with Crippen LogP contribution in [0.4, 0.5) is 0 Å². The van der Waals surface area contributed by atoms with Crippen LogP contribution in [0.5, 0.6) is 0 Å². The lowest BCUT2D eigenvalue weighted by Gasteiger charge is -2.06. The molecule has 0 spiro atoms. The first-order valence-corrected chi connectivity index (χ1v) is 8.51. The fraction of sp³-hybridized carbons (Fsp3) is 0.0500. The summed E-state index contributed by atoms with van der Waals surface area (Å²) >= 11 is 1.79. The second-order valence-electron chi connectivity index (χ2n) is 5.25. The highest BCUT2D eigenvalue weighted by Gasteiger charge is 2.17. The Bertz CT molecular complexity index is 924. The maximum absolute atomic E-state index is 4.69. The van der Waals surface area contributed by atoms with Crippen molar-refractivity contribution in [3.63, 3.8) is 0 Å². The molecule has 0 aliphatic heterocycles. The largest absolute Gasteiger partial charge is 0.256 e. The molecule has 0 radical (unpaired) electrons. The van der Waals surface area contributed by atoms with Crippen LogP contribution < -0.4 is 0 Å². The highest BCUT2D eigenvalue weighted by atomic mass is 32.2. The van der Waals surface area contributed by atoms with Crippen LogP contribution in [0.2, 0.25) is 0 Å². The van der Waals surface area contributed by atoms with E-state index >= 15 is 0 Å². The van der Waals surface area contributed by atoms with E-state index in [4.69, 9.17) is 0 Å². The van der Waals surface area contributed by atoms with Crippen LogP contribution in [0.15, 0.2) is 77.8 Å². The van der Waals surface area contributed by atoms with Crippen LogP contribution in [-0.2, 0) is 0 Å². The molecule has 0 N–H and O–H groups in total. The number of thioether (sulfide) groups is 1. The Morgan fingerprint density at radius 3 is 2.41 bits per heavy atom. The molecule has 0 amide bonds. The second kappa shape index (κ2) is 5.47. The van der Waals surface area contributed by atoms with Gasteiger partial charge in [0.25, 0.3) is 0 Å². The molecule has 0 saturated carbocycles. The normalized spacial score (nSPS) is 11.1. The summed E-state index contributed by atoms with van der Waals surface area (Å²) in [6, 6.07) is 23.4. The van der Waals surface area contributed by atoms with E-state index in [1.807, 2.05) is 6.20 Å². The lowest BCUT2D eigenvalue weighted by molar-refractivity contribution is 1.36. The quantitative estimate of drug-likeness (QED) is 0.439. The number of benzene rings is 1. The third kappa shape index (κ3) is 2.08. The number of nitrogens with zero attached hydrogens (tertiary/aromatic N) is 1. The van der Waals surface area contributed by atoms with E-state index < -0.39 is 0 Å². The van der Waals surface area contributed by atoms with Crippen molar-refractivity contribution in [3.05, 3.63) is 72.9 Å². The maximum atomic E-state index is 4.69. The van der Waals surface area contributed by atoms with Gasteiger partial charge in [-0.2, -0.15) is 0 Å². The molecule has 0 fully saturated rings. The monoisotopic (exact) mass is 301 g/mol. The molecule has 1 heterocycles. The number of fused-ring (bicyclic) bond motifs is 2. The van der Waals surface area contributed by atoms with Gasteiger partial charge in [-0.25, -0.2) is 0 Å². The van der Waals surface area contributed by atoms with Crippen molar-refractivity contribution in [1.82, 2.24) is 4.98 Å². The molecule has 106 valence electrons. The highest BCUT2D eigenvalue weighted by molar-refractivity contribution is 7.98. The molecular formula is C20H15NS. The minimum absolute atomic E-state index is 1.06. The number of rotatable bonds is 2. The zero-order valence-corrected chi connectivity index (χ0v) is 13.1. The van der Waals surface area contributed by atoms with Gasteiger partial charge in [0.1, 0.15) is 0 Å². The van der Waals surface area contributed by atoms with Crippen LogP contribution in [0.25, 0.3) is 33.2 Å². The van der Waals surface area contributed by atoms with Gasteiger partial charge in [0.15, 0.2) is 0 Å². The summed E-state index contributed by atoms with van der Waals surface area (Å²) < 4.78 is 0. The van der Waals surface area contributed by atoms with Crippen LogP contribution in [0, 0.1) is 0 Å². The first-order chi connectivity index (χ1) is 10.9. The van der Waals surface area contributed by atoms with E-state index in [1.54, 1.807) is 11.8 Å². The first kappa shape index (κ1) is 13.4. The van der Waals surface area contributed by atoms with Crippen LogP contribution in [0.3, 0.4) is 0 Å². The molecule has 0 atom stereocenters. The van der Waals surface area contributed by atoms with Crippen molar-refractivity contribution in [3.8, 4) is 22.4 Å². The molecule has 4 rings (SSSR count). The molecule has 0 saturated heterocycles.